The first kappa shape index (κ1) is 21.2. The van der Waals surface area contributed by atoms with E-state index in [1.165, 1.54) is 23.1 Å². The first-order valence-corrected chi connectivity index (χ1v) is 10.1. The number of methoxy groups -OCH3 is 1. The summed E-state index contributed by atoms with van der Waals surface area (Å²) >= 11 is 0. The maximum absolute atomic E-state index is 13.8. The number of halogens is 1. The van der Waals surface area contributed by atoms with Gasteiger partial charge < -0.3 is 9.64 Å². The molecule has 4 rings (SSSR count). The fourth-order valence-corrected chi connectivity index (χ4v) is 3.75. The van der Waals surface area contributed by atoms with E-state index in [0.717, 1.165) is 16.5 Å². The second-order valence-electron chi connectivity index (χ2n) is 7.41. The highest BCUT2D eigenvalue weighted by Crippen LogP contribution is 2.28. The number of imide groups is 1. The van der Waals surface area contributed by atoms with Crippen molar-refractivity contribution in [2.75, 3.05) is 12.0 Å². The van der Waals surface area contributed by atoms with Crippen LogP contribution < -0.4 is 9.64 Å². The first-order valence-electron chi connectivity index (χ1n) is 10.1. The number of rotatable bonds is 6. The molecule has 3 aromatic carbocycles. The third-order valence-electron chi connectivity index (χ3n) is 5.36. The number of carbonyl (C=O) groups is 3. The van der Waals surface area contributed by atoms with Gasteiger partial charge in [-0.3, -0.25) is 14.4 Å². The fraction of sp³-hybridized carbons (Fsp3) is 0.160. The number of nitrogens with zero attached hydrogens (tertiary/aromatic N) is 2. The van der Waals surface area contributed by atoms with E-state index < -0.39 is 29.6 Å². The molecule has 0 bridgehead atoms. The van der Waals surface area contributed by atoms with E-state index in [4.69, 9.17) is 4.74 Å². The number of carbonyl (C=O) groups excluding carboxylic acids is 3. The van der Waals surface area contributed by atoms with Gasteiger partial charge in [-0.15, -0.1) is 0 Å². The van der Waals surface area contributed by atoms with Crippen LogP contribution in [0.4, 0.5) is 10.1 Å². The van der Waals surface area contributed by atoms with Gasteiger partial charge in [-0.25, -0.2) is 9.29 Å². The van der Waals surface area contributed by atoms with Gasteiger partial charge in [0, 0.05) is 12.1 Å². The highest BCUT2D eigenvalue weighted by Gasteiger charge is 2.44. The van der Waals surface area contributed by atoms with Crippen LogP contribution in [0.15, 0.2) is 78.9 Å². The van der Waals surface area contributed by atoms with Gasteiger partial charge in [-0.1, -0.05) is 36.4 Å². The van der Waals surface area contributed by atoms with Crippen LogP contribution in [0.5, 0.6) is 5.75 Å². The molecule has 0 aliphatic carbocycles. The minimum absolute atomic E-state index is 0.0751. The SMILES string of the molecule is COc1ccc(CN(C(=O)c2cccc(F)c2)[C@H]2CC(=O)N(c3ccccc3)C2=O)cc1. The van der Waals surface area contributed by atoms with Gasteiger partial charge in [0.05, 0.1) is 19.2 Å². The molecule has 3 amide bonds. The van der Waals surface area contributed by atoms with Crippen molar-refractivity contribution >= 4 is 23.4 Å². The summed E-state index contributed by atoms with van der Waals surface area (Å²) in [7, 11) is 1.55. The van der Waals surface area contributed by atoms with Crippen LogP contribution in [0.3, 0.4) is 0 Å². The third kappa shape index (κ3) is 4.23. The Bertz CT molecular complexity index is 1150. The molecule has 1 aliphatic heterocycles. The van der Waals surface area contributed by atoms with E-state index in [0.29, 0.717) is 11.4 Å². The molecule has 3 aromatic rings. The summed E-state index contributed by atoms with van der Waals surface area (Å²) < 4.78 is 19.0. The molecule has 1 fully saturated rings. The minimum Gasteiger partial charge on any atom is -0.497 e. The second-order valence-corrected chi connectivity index (χ2v) is 7.41. The summed E-state index contributed by atoms with van der Waals surface area (Å²) in [6, 6.07) is 19.9. The Morgan fingerprint density at radius 1 is 1.03 bits per heavy atom. The van der Waals surface area contributed by atoms with E-state index in [1.54, 1.807) is 61.7 Å². The number of para-hydroxylation sites is 1. The fourth-order valence-electron chi connectivity index (χ4n) is 3.75. The molecule has 0 aromatic heterocycles. The highest BCUT2D eigenvalue weighted by molar-refractivity contribution is 6.23. The molecule has 0 radical (unpaired) electrons. The third-order valence-corrected chi connectivity index (χ3v) is 5.36. The van der Waals surface area contributed by atoms with Crippen molar-refractivity contribution in [3.8, 4) is 5.75 Å². The Hall–Kier alpha value is -4.00. The molecule has 0 saturated carbocycles. The monoisotopic (exact) mass is 432 g/mol. The van der Waals surface area contributed by atoms with Gasteiger partial charge in [0.25, 0.3) is 11.8 Å². The molecule has 1 atom stereocenters. The predicted octanol–water partition coefficient (Wildman–Crippen LogP) is 3.81. The van der Waals surface area contributed by atoms with Gasteiger partial charge in [-0.05, 0) is 48.0 Å². The van der Waals surface area contributed by atoms with Crippen LogP contribution in [0.1, 0.15) is 22.3 Å². The van der Waals surface area contributed by atoms with E-state index >= 15 is 0 Å². The molecule has 7 heteroatoms. The minimum atomic E-state index is -0.999. The molecular formula is C25H21FN2O4. The zero-order chi connectivity index (χ0) is 22.7. The lowest BCUT2D eigenvalue weighted by Gasteiger charge is -2.28. The number of hydrogen-bond donors (Lipinski definition) is 0. The lowest BCUT2D eigenvalue weighted by atomic mass is 10.1. The summed E-state index contributed by atoms with van der Waals surface area (Å²) in [5.74, 6) is -1.31. The molecule has 6 nitrogen and oxygen atoms in total. The Kier molecular flexibility index (Phi) is 5.98. The standard InChI is InChI=1S/C25H21FN2O4/c1-32-21-12-10-17(11-13-21)16-27(24(30)18-6-5-7-19(26)14-18)22-15-23(29)28(25(22)31)20-8-3-2-4-9-20/h2-14,22H,15-16H2,1H3/t22-/m0/s1. The van der Waals surface area contributed by atoms with Crippen molar-refractivity contribution in [2.24, 2.45) is 0 Å². The lowest BCUT2D eigenvalue weighted by molar-refractivity contribution is -0.122. The lowest BCUT2D eigenvalue weighted by Crippen LogP contribution is -2.45. The van der Waals surface area contributed by atoms with E-state index in [-0.39, 0.29) is 18.5 Å². The summed E-state index contributed by atoms with van der Waals surface area (Å²) in [4.78, 5) is 41.8. The first-order chi connectivity index (χ1) is 15.5. The van der Waals surface area contributed by atoms with Crippen molar-refractivity contribution in [1.82, 2.24) is 4.90 Å². The van der Waals surface area contributed by atoms with Gasteiger partial charge in [0.2, 0.25) is 5.91 Å². The second kappa shape index (κ2) is 9.01. The van der Waals surface area contributed by atoms with Gasteiger partial charge in [0.1, 0.15) is 17.6 Å². The average Bonchev–Trinajstić information content (AvgIpc) is 3.11. The van der Waals surface area contributed by atoms with Crippen LogP contribution in [-0.2, 0) is 16.1 Å². The van der Waals surface area contributed by atoms with Gasteiger partial charge in [-0.2, -0.15) is 0 Å². The van der Waals surface area contributed by atoms with Crippen molar-refractivity contribution in [3.63, 3.8) is 0 Å². The number of hydrogen-bond acceptors (Lipinski definition) is 4. The number of anilines is 1. The van der Waals surface area contributed by atoms with Crippen molar-refractivity contribution in [1.29, 1.82) is 0 Å². The van der Waals surface area contributed by atoms with E-state index in [1.807, 2.05) is 0 Å². The molecule has 1 heterocycles. The number of amides is 3. The van der Waals surface area contributed by atoms with Gasteiger partial charge >= 0.3 is 0 Å². The smallest absolute Gasteiger partial charge is 0.257 e. The van der Waals surface area contributed by atoms with Crippen LogP contribution in [0.2, 0.25) is 0 Å². The van der Waals surface area contributed by atoms with Crippen molar-refractivity contribution in [3.05, 3.63) is 95.8 Å². The molecule has 0 spiro atoms. The van der Waals surface area contributed by atoms with Crippen LogP contribution >= 0.6 is 0 Å². The zero-order valence-corrected chi connectivity index (χ0v) is 17.4. The summed E-state index contributed by atoms with van der Waals surface area (Å²) in [5.41, 5.74) is 1.30. The Balaban J connectivity index is 1.69. The summed E-state index contributed by atoms with van der Waals surface area (Å²) in [6.45, 7) is 0.0751. The highest BCUT2D eigenvalue weighted by atomic mass is 19.1. The molecule has 32 heavy (non-hydrogen) atoms. The van der Waals surface area contributed by atoms with E-state index in [2.05, 4.69) is 0 Å². The number of benzene rings is 3. The largest absolute Gasteiger partial charge is 0.497 e. The maximum atomic E-state index is 13.8. The Morgan fingerprint density at radius 2 is 1.75 bits per heavy atom. The van der Waals surface area contributed by atoms with Crippen LogP contribution in [-0.4, -0.2) is 35.8 Å². The summed E-state index contributed by atoms with van der Waals surface area (Å²) in [5, 5.41) is 0. The number of ether oxygens (including phenoxy) is 1. The zero-order valence-electron chi connectivity index (χ0n) is 17.4. The topological polar surface area (TPSA) is 66.9 Å². The molecule has 0 N–H and O–H groups in total. The van der Waals surface area contributed by atoms with Crippen molar-refractivity contribution in [2.45, 2.75) is 19.0 Å². The average molecular weight is 432 g/mol. The molecule has 1 aliphatic rings. The quantitative estimate of drug-likeness (QED) is 0.556. The van der Waals surface area contributed by atoms with Crippen molar-refractivity contribution < 1.29 is 23.5 Å². The van der Waals surface area contributed by atoms with Crippen LogP contribution in [0.25, 0.3) is 0 Å². The summed E-state index contributed by atoms with van der Waals surface area (Å²) in [6.07, 6.45) is -0.148. The Labute approximate surface area is 184 Å². The molecular weight excluding hydrogens is 411 g/mol. The Morgan fingerprint density at radius 3 is 2.41 bits per heavy atom. The maximum Gasteiger partial charge on any atom is 0.257 e. The molecule has 162 valence electrons. The van der Waals surface area contributed by atoms with E-state index in [9.17, 15) is 18.8 Å². The predicted molar refractivity (Wildman–Crippen MR) is 117 cm³/mol. The molecule has 1 saturated heterocycles. The van der Waals surface area contributed by atoms with Gasteiger partial charge in [0.15, 0.2) is 0 Å². The molecule has 0 unspecified atom stereocenters. The van der Waals surface area contributed by atoms with Crippen LogP contribution in [0, 0.1) is 5.82 Å². The normalized spacial score (nSPS) is 15.7.